The quantitative estimate of drug-likeness (QED) is 0.416. The number of nitrogens with one attached hydrogen (secondary N) is 1. The molecule has 2 aromatic carbocycles. The van der Waals surface area contributed by atoms with Crippen molar-refractivity contribution in [3.8, 4) is 0 Å². The van der Waals surface area contributed by atoms with Crippen LogP contribution in [0.25, 0.3) is 0 Å². The van der Waals surface area contributed by atoms with Crippen LogP contribution in [0.15, 0.2) is 60.8 Å². The van der Waals surface area contributed by atoms with Crippen LogP contribution in [0.1, 0.15) is 28.0 Å². The Hall–Kier alpha value is -2.84. The zero-order valence-electron chi connectivity index (χ0n) is 17.7. The van der Waals surface area contributed by atoms with E-state index in [-0.39, 0.29) is 46.4 Å². The molecule has 3 aromatic rings. The minimum atomic E-state index is -4.58. The maximum atomic E-state index is 14.8. The molecule has 1 amide bonds. The van der Waals surface area contributed by atoms with Crippen molar-refractivity contribution in [2.75, 3.05) is 18.0 Å². The first-order valence-electron chi connectivity index (χ1n) is 10.3. The zero-order chi connectivity index (χ0) is 24.5. The van der Waals surface area contributed by atoms with E-state index in [1.807, 2.05) is 0 Å². The van der Waals surface area contributed by atoms with Gasteiger partial charge in [-0.15, -0.1) is 0 Å². The van der Waals surface area contributed by atoms with Gasteiger partial charge in [0.2, 0.25) is 0 Å². The number of benzene rings is 2. The van der Waals surface area contributed by atoms with E-state index in [1.165, 1.54) is 35.2 Å². The van der Waals surface area contributed by atoms with Crippen molar-refractivity contribution in [1.29, 1.82) is 0 Å². The first kappa shape index (κ1) is 24.3. The Bertz CT molecular complexity index is 1190. The van der Waals surface area contributed by atoms with Gasteiger partial charge in [-0.1, -0.05) is 29.3 Å². The fraction of sp³-hybridized carbons (Fsp3) is 0.250. The van der Waals surface area contributed by atoms with Crippen molar-refractivity contribution in [1.82, 2.24) is 10.3 Å². The number of halogens is 6. The van der Waals surface area contributed by atoms with Crippen molar-refractivity contribution >= 4 is 34.8 Å². The molecule has 0 saturated carbocycles. The maximum Gasteiger partial charge on any atom is 0.400 e. The molecule has 4 nitrogen and oxygen atoms in total. The molecular formula is C24H19Cl2F4N3O. The average molecular weight is 512 g/mol. The van der Waals surface area contributed by atoms with Crippen LogP contribution in [0.4, 0.5) is 23.2 Å². The summed E-state index contributed by atoms with van der Waals surface area (Å²) in [5.41, 5.74) is -1.60. The van der Waals surface area contributed by atoms with E-state index in [4.69, 9.17) is 23.2 Å². The standard InChI is InChI=1S/C24H19Cl2F4N3O/c25-16-9-15(10-17(26)11-16)23(24(28,29)30)6-8-33(14-23)19-4-5-20(21(27)12-19)22(34)32-13-18-3-1-2-7-31-18/h1-5,7,9-12H,6,8,13-14H2,(H,32,34). The Kier molecular flexibility index (Phi) is 6.73. The molecule has 0 bridgehead atoms. The summed E-state index contributed by atoms with van der Waals surface area (Å²) in [5.74, 6) is -1.47. The van der Waals surface area contributed by atoms with Gasteiger partial charge in [-0.25, -0.2) is 4.39 Å². The van der Waals surface area contributed by atoms with Gasteiger partial charge < -0.3 is 10.2 Å². The molecule has 1 atom stereocenters. The summed E-state index contributed by atoms with van der Waals surface area (Å²) in [6.45, 7) is -0.282. The molecule has 0 aliphatic carbocycles. The molecule has 2 heterocycles. The van der Waals surface area contributed by atoms with Crippen LogP contribution < -0.4 is 10.2 Å². The lowest BCUT2D eigenvalue weighted by molar-refractivity contribution is -0.184. The van der Waals surface area contributed by atoms with E-state index in [1.54, 1.807) is 24.4 Å². The van der Waals surface area contributed by atoms with Crippen LogP contribution >= 0.6 is 23.2 Å². The van der Waals surface area contributed by atoms with Crippen molar-refractivity contribution in [3.05, 3.63) is 93.5 Å². The van der Waals surface area contributed by atoms with Crippen molar-refractivity contribution in [2.24, 2.45) is 0 Å². The second kappa shape index (κ2) is 9.43. The summed E-state index contributed by atoms with van der Waals surface area (Å²) in [6, 6.07) is 12.9. The summed E-state index contributed by atoms with van der Waals surface area (Å²) < 4.78 is 57.6. The maximum absolute atomic E-state index is 14.8. The van der Waals surface area contributed by atoms with E-state index in [0.717, 1.165) is 6.07 Å². The third kappa shape index (κ3) is 4.83. The van der Waals surface area contributed by atoms with Gasteiger partial charge >= 0.3 is 6.18 Å². The predicted octanol–water partition coefficient (Wildman–Crippen LogP) is 6.17. The van der Waals surface area contributed by atoms with Gasteiger partial charge in [0.1, 0.15) is 11.2 Å². The average Bonchev–Trinajstić information content (AvgIpc) is 3.25. The lowest BCUT2D eigenvalue weighted by Crippen LogP contribution is -2.44. The minimum absolute atomic E-state index is 0.0360. The number of hydrogen-bond donors (Lipinski definition) is 1. The van der Waals surface area contributed by atoms with Gasteiger partial charge in [-0.05, 0) is 60.5 Å². The molecule has 1 aliphatic rings. The summed E-state index contributed by atoms with van der Waals surface area (Å²) >= 11 is 11.9. The smallest absolute Gasteiger partial charge is 0.370 e. The van der Waals surface area contributed by atoms with Gasteiger partial charge in [0.25, 0.3) is 5.91 Å². The number of hydrogen-bond acceptors (Lipinski definition) is 3. The molecule has 1 unspecified atom stereocenters. The number of pyridine rings is 1. The van der Waals surface area contributed by atoms with E-state index in [2.05, 4.69) is 10.3 Å². The largest absolute Gasteiger partial charge is 0.400 e. The lowest BCUT2D eigenvalue weighted by Gasteiger charge is -2.33. The Balaban J connectivity index is 1.55. The summed E-state index contributed by atoms with van der Waals surface area (Å²) in [6.07, 6.45) is -3.26. The molecule has 1 aliphatic heterocycles. The Morgan fingerprint density at radius 2 is 1.82 bits per heavy atom. The number of aromatic nitrogens is 1. The van der Waals surface area contributed by atoms with Crippen LogP contribution in [0.3, 0.4) is 0 Å². The van der Waals surface area contributed by atoms with Gasteiger partial charge in [-0.3, -0.25) is 9.78 Å². The monoisotopic (exact) mass is 511 g/mol. The number of anilines is 1. The molecule has 1 N–H and O–H groups in total. The summed E-state index contributed by atoms with van der Waals surface area (Å²) in [4.78, 5) is 17.9. The zero-order valence-corrected chi connectivity index (χ0v) is 19.2. The molecule has 34 heavy (non-hydrogen) atoms. The van der Waals surface area contributed by atoms with Crippen LogP contribution in [-0.2, 0) is 12.0 Å². The predicted molar refractivity (Wildman–Crippen MR) is 123 cm³/mol. The number of nitrogens with zero attached hydrogens (tertiary/aromatic N) is 2. The molecule has 1 saturated heterocycles. The van der Waals surface area contributed by atoms with Gasteiger partial charge in [0.15, 0.2) is 0 Å². The minimum Gasteiger partial charge on any atom is -0.370 e. The molecule has 0 spiro atoms. The summed E-state index contributed by atoms with van der Waals surface area (Å²) in [5, 5.41) is 2.80. The molecule has 4 rings (SSSR count). The molecule has 10 heteroatoms. The number of carbonyl (C=O) groups is 1. The Morgan fingerprint density at radius 1 is 1.09 bits per heavy atom. The third-order valence-electron chi connectivity index (χ3n) is 5.95. The topological polar surface area (TPSA) is 45.2 Å². The summed E-state index contributed by atoms with van der Waals surface area (Å²) in [7, 11) is 0. The van der Waals surface area contributed by atoms with E-state index < -0.39 is 29.9 Å². The first-order valence-corrected chi connectivity index (χ1v) is 11.1. The highest BCUT2D eigenvalue weighted by Crippen LogP contribution is 2.49. The van der Waals surface area contributed by atoms with Crippen LogP contribution in [0, 0.1) is 5.82 Å². The van der Waals surface area contributed by atoms with E-state index in [9.17, 15) is 22.4 Å². The number of alkyl halides is 3. The van der Waals surface area contributed by atoms with Crippen molar-refractivity contribution in [2.45, 2.75) is 24.6 Å². The molecule has 1 fully saturated rings. The fourth-order valence-electron chi connectivity index (χ4n) is 4.14. The van der Waals surface area contributed by atoms with Crippen LogP contribution in [0.5, 0.6) is 0 Å². The van der Waals surface area contributed by atoms with Gasteiger partial charge in [0, 0.05) is 35.0 Å². The second-order valence-electron chi connectivity index (χ2n) is 8.08. The number of rotatable bonds is 5. The van der Waals surface area contributed by atoms with Crippen molar-refractivity contribution < 1.29 is 22.4 Å². The molecule has 178 valence electrons. The fourth-order valence-corrected chi connectivity index (χ4v) is 4.67. The Morgan fingerprint density at radius 3 is 2.44 bits per heavy atom. The van der Waals surface area contributed by atoms with Gasteiger partial charge in [0.05, 0.1) is 17.8 Å². The van der Waals surface area contributed by atoms with Crippen LogP contribution in [0.2, 0.25) is 10.0 Å². The molecule has 0 radical (unpaired) electrons. The number of amides is 1. The van der Waals surface area contributed by atoms with E-state index in [0.29, 0.717) is 5.69 Å². The highest BCUT2D eigenvalue weighted by molar-refractivity contribution is 6.34. The Labute approximate surface area is 203 Å². The van der Waals surface area contributed by atoms with Gasteiger partial charge in [-0.2, -0.15) is 13.2 Å². The second-order valence-corrected chi connectivity index (χ2v) is 8.95. The first-order chi connectivity index (χ1) is 16.1. The normalized spacial score (nSPS) is 18.2. The SMILES string of the molecule is O=C(NCc1ccccn1)c1ccc(N2CCC(c3cc(Cl)cc(Cl)c3)(C(F)(F)F)C2)cc1F. The van der Waals surface area contributed by atoms with E-state index >= 15 is 0 Å². The highest BCUT2D eigenvalue weighted by Gasteiger charge is 2.59. The van der Waals surface area contributed by atoms with Crippen molar-refractivity contribution in [3.63, 3.8) is 0 Å². The van der Waals surface area contributed by atoms with Crippen LogP contribution in [-0.4, -0.2) is 30.2 Å². The molecular weight excluding hydrogens is 493 g/mol. The lowest BCUT2D eigenvalue weighted by atomic mass is 9.79. The molecule has 1 aromatic heterocycles. The highest BCUT2D eigenvalue weighted by atomic mass is 35.5. The number of carbonyl (C=O) groups excluding carboxylic acids is 1. The third-order valence-corrected chi connectivity index (χ3v) is 6.38.